The Morgan fingerprint density at radius 3 is 2.00 bits per heavy atom. The molecule has 0 heterocycles. The number of allylic oxidation sites excluding steroid dienone is 4. The molecule has 0 aromatic carbocycles. The van der Waals surface area contributed by atoms with Crippen LogP contribution in [0.25, 0.3) is 0 Å². The molecule has 0 aliphatic carbocycles. The van der Waals surface area contributed by atoms with Crippen LogP contribution in [0.2, 0.25) is 0 Å². The van der Waals surface area contributed by atoms with Crippen LogP contribution in [0.1, 0.15) is 40.5 Å². The molecule has 0 fully saturated rings. The summed E-state index contributed by atoms with van der Waals surface area (Å²) in [6, 6.07) is 0. The first-order valence-corrected chi connectivity index (χ1v) is 5.48. The standard InChI is InChI=1S/C10H17Cl.C2H4O2/c1-9(2)5-4-6-10(3)7-8-11;1-2(3)4/h5,7H,4,6,8H2,1-3H3;1H3,(H,3,4)/b10-7+;. The monoisotopic (exact) mass is 232 g/mol. The van der Waals surface area contributed by atoms with E-state index >= 15 is 0 Å². The predicted octanol–water partition coefficient (Wildman–Crippen LogP) is 4.01. The summed E-state index contributed by atoms with van der Waals surface area (Å²) < 4.78 is 0. The second-order valence-electron chi connectivity index (χ2n) is 3.54. The van der Waals surface area contributed by atoms with Crippen LogP contribution >= 0.6 is 11.6 Å². The van der Waals surface area contributed by atoms with Crippen molar-refractivity contribution < 1.29 is 9.90 Å². The summed E-state index contributed by atoms with van der Waals surface area (Å²) in [5.74, 6) is -0.194. The summed E-state index contributed by atoms with van der Waals surface area (Å²) in [6.07, 6.45) is 6.60. The number of carboxylic acids is 1. The lowest BCUT2D eigenvalue weighted by Gasteiger charge is -1.96. The molecule has 0 aliphatic rings. The molecule has 0 saturated heterocycles. The highest BCUT2D eigenvalue weighted by atomic mass is 35.5. The van der Waals surface area contributed by atoms with E-state index in [1.807, 2.05) is 0 Å². The molecule has 2 nitrogen and oxygen atoms in total. The molecule has 0 rings (SSSR count). The maximum Gasteiger partial charge on any atom is 0.300 e. The fourth-order valence-corrected chi connectivity index (χ4v) is 1.09. The summed E-state index contributed by atoms with van der Waals surface area (Å²) in [7, 11) is 0. The molecular formula is C12H21ClO2. The third kappa shape index (κ3) is 24.6. The largest absolute Gasteiger partial charge is 0.481 e. The van der Waals surface area contributed by atoms with Crippen molar-refractivity contribution in [1.29, 1.82) is 0 Å². The number of carboxylic acid groups (broad SMARTS) is 1. The zero-order valence-corrected chi connectivity index (χ0v) is 10.8. The third-order valence-corrected chi connectivity index (χ3v) is 1.67. The number of rotatable bonds is 4. The van der Waals surface area contributed by atoms with E-state index in [9.17, 15) is 0 Å². The molecule has 0 unspecified atom stereocenters. The molecule has 0 bridgehead atoms. The lowest BCUT2D eigenvalue weighted by Crippen LogP contribution is -1.78. The molecule has 0 atom stereocenters. The maximum absolute atomic E-state index is 9.00. The second kappa shape index (κ2) is 11.3. The number of aliphatic carboxylic acids is 1. The van der Waals surface area contributed by atoms with E-state index in [0.29, 0.717) is 5.88 Å². The average Bonchev–Trinajstić information content (AvgIpc) is 2.02. The quantitative estimate of drug-likeness (QED) is 0.588. The Labute approximate surface area is 97.6 Å². The zero-order valence-electron chi connectivity index (χ0n) is 10.0. The Kier molecular flexibility index (Phi) is 12.6. The molecule has 88 valence electrons. The molecule has 0 amide bonds. The minimum atomic E-state index is -0.833. The van der Waals surface area contributed by atoms with Crippen LogP contribution < -0.4 is 0 Å². The molecule has 0 aromatic heterocycles. The van der Waals surface area contributed by atoms with Crippen molar-refractivity contribution in [2.75, 3.05) is 5.88 Å². The van der Waals surface area contributed by atoms with E-state index in [0.717, 1.165) is 19.8 Å². The van der Waals surface area contributed by atoms with E-state index in [1.54, 1.807) is 0 Å². The van der Waals surface area contributed by atoms with E-state index < -0.39 is 5.97 Å². The second-order valence-corrected chi connectivity index (χ2v) is 3.85. The fraction of sp³-hybridized carbons (Fsp3) is 0.583. The van der Waals surface area contributed by atoms with E-state index in [1.165, 1.54) is 11.1 Å². The summed E-state index contributed by atoms with van der Waals surface area (Å²) in [5.41, 5.74) is 2.78. The first kappa shape index (κ1) is 16.7. The smallest absolute Gasteiger partial charge is 0.300 e. The topological polar surface area (TPSA) is 37.3 Å². The number of hydrogen-bond donors (Lipinski definition) is 1. The number of alkyl halides is 1. The van der Waals surface area contributed by atoms with Crippen LogP contribution in [0.15, 0.2) is 23.3 Å². The van der Waals surface area contributed by atoms with Gasteiger partial charge in [0.2, 0.25) is 0 Å². The minimum Gasteiger partial charge on any atom is -0.481 e. The van der Waals surface area contributed by atoms with Crippen LogP contribution in [0.4, 0.5) is 0 Å². The lowest BCUT2D eigenvalue weighted by molar-refractivity contribution is -0.134. The Hall–Kier alpha value is -0.760. The Morgan fingerprint density at radius 1 is 1.20 bits per heavy atom. The summed E-state index contributed by atoms with van der Waals surface area (Å²) in [5, 5.41) is 7.42. The normalized spacial score (nSPS) is 10.1. The highest BCUT2D eigenvalue weighted by Crippen LogP contribution is 2.06. The van der Waals surface area contributed by atoms with Crippen molar-refractivity contribution in [3.63, 3.8) is 0 Å². The van der Waals surface area contributed by atoms with Gasteiger partial charge in [0.05, 0.1) is 0 Å². The van der Waals surface area contributed by atoms with Gasteiger partial charge in [0.1, 0.15) is 0 Å². The fourth-order valence-electron chi connectivity index (χ4n) is 0.822. The van der Waals surface area contributed by atoms with Crippen molar-refractivity contribution >= 4 is 17.6 Å². The highest BCUT2D eigenvalue weighted by Gasteiger charge is 1.86. The van der Waals surface area contributed by atoms with Gasteiger partial charge in [0, 0.05) is 12.8 Å². The lowest BCUT2D eigenvalue weighted by atomic mass is 10.1. The Bertz CT molecular complexity index is 222. The van der Waals surface area contributed by atoms with Gasteiger partial charge in [0.25, 0.3) is 5.97 Å². The van der Waals surface area contributed by atoms with Gasteiger partial charge in [-0.2, -0.15) is 0 Å². The number of halogens is 1. The molecule has 0 saturated carbocycles. The zero-order chi connectivity index (χ0) is 12.3. The van der Waals surface area contributed by atoms with Gasteiger partial charge < -0.3 is 5.11 Å². The highest BCUT2D eigenvalue weighted by molar-refractivity contribution is 6.18. The summed E-state index contributed by atoms with van der Waals surface area (Å²) in [6.45, 7) is 7.46. The van der Waals surface area contributed by atoms with Crippen molar-refractivity contribution in [3.05, 3.63) is 23.3 Å². The van der Waals surface area contributed by atoms with Crippen molar-refractivity contribution in [2.24, 2.45) is 0 Å². The third-order valence-electron chi connectivity index (χ3n) is 1.52. The first-order chi connectivity index (χ1) is 6.90. The molecule has 0 radical (unpaired) electrons. The van der Waals surface area contributed by atoms with Gasteiger partial charge in [-0.25, -0.2) is 0 Å². The van der Waals surface area contributed by atoms with Crippen LogP contribution in [-0.4, -0.2) is 17.0 Å². The van der Waals surface area contributed by atoms with Crippen LogP contribution in [0.5, 0.6) is 0 Å². The van der Waals surface area contributed by atoms with Gasteiger partial charge in [-0.3, -0.25) is 4.79 Å². The van der Waals surface area contributed by atoms with Crippen molar-refractivity contribution in [3.8, 4) is 0 Å². The maximum atomic E-state index is 9.00. The van der Waals surface area contributed by atoms with E-state index in [2.05, 4.69) is 32.9 Å². The van der Waals surface area contributed by atoms with E-state index in [-0.39, 0.29) is 0 Å². The molecule has 0 aliphatic heterocycles. The van der Waals surface area contributed by atoms with Gasteiger partial charge >= 0.3 is 0 Å². The number of hydrogen-bond acceptors (Lipinski definition) is 1. The van der Waals surface area contributed by atoms with Gasteiger partial charge in [-0.15, -0.1) is 11.6 Å². The van der Waals surface area contributed by atoms with Crippen molar-refractivity contribution in [2.45, 2.75) is 40.5 Å². The molecule has 3 heteroatoms. The SMILES string of the molecule is CC(=O)O.CC(C)=CCC/C(C)=C/CCl. The molecule has 15 heavy (non-hydrogen) atoms. The van der Waals surface area contributed by atoms with Gasteiger partial charge in [-0.05, 0) is 33.6 Å². The van der Waals surface area contributed by atoms with Crippen LogP contribution in [0.3, 0.4) is 0 Å². The van der Waals surface area contributed by atoms with E-state index in [4.69, 9.17) is 21.5 Å². The van der Waals surface area contributed by atoms with Crippen molar-refractivity contribution in [1.82, 2.24) is 0 Å². The Balaban J connectivity index is 0. The summed E-state index contributed by atoms with van der Waals surface area (Å²) in [4.78, 5) is 9.00. The van der Waals surface area contributed by atoms with Crippen LogP contribution in [0, 0.1) is 0 Å². The molecular weight excluding hydrogens is 212 g/mol. The first-order valence-electron chi connectivity index (χ1n) is 4.94. The van der Waals surface area contributed by atoms with Gasteiger partial charge in [0.15, 0.2) is 0 Å². The molecule has 0 aromatic rings. The Morgan fingerprint density at radius 2 is 1.67 bits per heavy atom. The van der Waals surface area contributed by atoms with Gasteiger partial charge in [-0.1, -0.05) is 23.3 Å². The summed E-state index contributed by atoms with van der Waals surface area (Å²) >= 11 is 5.55. The molecule has 1 N–H and O–H groups in total. The van der Waals surface area contributed by atoms with Crippen LogP contribution in [-0.2, 0) is 4.79 Å². The average molecular weight is 233 g/mol. The minimum absolute atomic E-state index is 0.640. The predicted molar refractivity (Wildman–Crippen MR) is 66.5 cm³/mol. The molecule has 0 spiro atoms. The number of carbonyl (C=O) groups is 1.